The lowest BCUT2D eigenvalue weighted by Crippen LogP contribution is -1.94. The van der Waals surface area contributed by atoms with E-state index in [1.54, 1.807) is 60.9 Å². The molecule has 0 aliphatic heterocycles. The summed E-state index contributed by atoms with van der Waals surface area (Å²) in [6.45, 7) is 0. The minimum atomic E-state index is 0.0129. The molecule has 0 saturated heterocycles. The molecule has 0 unspecified atom stereocenters. The Morgan fingerprint density at radius 1 is 0.517 bits per heavy atom. The lowest BCUT2D eigenvalue weighted by atomic mass is 10.2. The van der Waals surface area contributed by atoms with Gasteiger partial charge in [-0.25, -0.2) is 9.97 Å². The molecule has 29 heavy (non-hydrogen) atoms. The Hall–Kier alpha value is -4.26. The molecule has 2 N–H and O–H groups in total. The molecule has 0 amide bonds. The SMILES string of the molecule is Oc1ccc(Oc2ccc(O)cc2Oc2ccccn2)c(Oc2ccccn2)c1. The summed E-state index contributed by atoms with van der Waals surface area (Å²) in [5, 5.41) is 19.7. The molecular weight excluding hydrogens is 372 g/mol. The topological polar surface area (TPSA) is 93.9 Å². The first-order valence-corrected chi connectivity index (χ1v) is 8.69. The number of phenolic OH excluding ortho intramolecular Hbond substituents is 2. The largest absolute Gasteiger partial charge is 0.508 e. The molecule has 0 spiro atoms. The zero-order valence-corrected chi connectivity index (χ0v) is 15.1. The number of aromatic hydroxyl groups is 2. The van der Waals surface area contributed by atoms with E-state index in [0.29, 0.717) is 23.3 Å². The molecule has 0 bridgehead atoms. The van der Waals surface area contributed by atoms with Gasteiger partial charge in [0.05, 0.1) is 0 Å². The molecule has 4 rings (SSSR count). The van der Waals surface area contributed by atoms with Crippen molar-refractivity contribution in [3.8, 4) is 46.3 Å². The second-order valence-electron chi connectivity index (χ2n) is 5.90. The number of benzene rings is 2. The number of hydrogen-bond acceptors (Lipinski definition) is 7. The van der Waals surface area contributed by atoms with E-state index in [1.807, 2.05) is 0 Å². The maximum atomic E-state index is 9.85. The smallest absolute Gasteiger partial charge is 0.219 e. The fourth-order valence-electron chi connectivity index (χ4n) is 2.48. The zero-order chi connectivity index (χ0) is 20.1. The summed E-state index contributed by atoms with van der Waals surface area (Å²) in [6.07, 6.45) is 3.19. The standard InChI is InChI=1S/C22H16N2O5/c25-15-7-9-17(19(13-15)28-21-5-1-3-11-23-21)27-18-10-8-16(26)14-20(18)29-22-6-2-4-12-24-22/h1-14,25-26H. The van der Waals surface area contributed by atoms with Gasteiger partial charge in [0.1, 0.15) is 11.5 Å². The van der Waals surface area contributed by atoms with Gasteiger partial charge in [0, 0.05) is 36.7 Å². The fraction of sp³-hybridized carbons (Fsp3) is 0. The van der Waals surface area contributed by atoms with E-state index in [9.17, 15) is 10.2 Å². The van der Waals surface area contributed by atoms with Crippen molar-refractivity contribution in [2.75, 3.05) is 0 Å². The molecule has 4 aromatic rings. The third-order valence-electron chi connectivity index (χ3n) is 3.78. The van der Waals surface area contributed by atoms with Crippen LogP contribution in [0.2, 0.25) is 0 Å². The number of rotatable bonds is 6. The molecule has 2 aromatic heterocycles. The maximum Gasteiger partial charge on any atom is 0.219 e. The molecule has 0 aliphatic carbocycles. The van der Waals surface area contributed by atoms with E-state index < -0.39 is 0 Å². The van der Waals surface area contributed by atoms with Crippen molar-refractivity contribution in [1.82, 2.24) is 9.97 Å². The summed E-state index contributed by atoms with van der Waals surface area (Å²) >= 11 is 0. The lowest BCUT2D eigenvalue weighted by Gasteiger charge is -2.15. The van der Waals surface area contributed by atoms with Gasteiger partial charge in [-0.1, -0.05) is 12.1 Å². The van der Waals surface area contributed by atoms with Crippen LogP contribution in [0, 0.1) is 0 Å². The number of aromatic nitrogens is 2. The normalized spacial score (nSPS) is 10.3. The predicted octanol–water partition coefficient (Wildman–Crippen LogP) is 5.26. The molecule has 0 aliphatic rings. The van der Waals surface area contributed by atoms with Gasteiger partial charge in [0.15, 0.2) is 23.0 Å². The summed E-state index contributed by atoms with van der Waals surface area (Å²) in [4.78, 5) is 8.22. The molecule has 0 saturated carbocycles. The van der Waals surface area contributed by atoms with Crippen LogP contribution in [0.4, 0.5) is 0 Å². The maximum absolute atomic E-state index is 9.85. The number of pyridine rings is 2. The molecule has 0 fully saturated rings. The van der Waals surface area contributed by atoms with Crippen molar-refractivity contribution in [1.29, 1.82) is 0 Å². The first-order chi connectivity index (χ1) is 14.2. The number of phenols is 2. The van der Waals surface area contributed by atoms with E-state index >= 15 is 0 Å². The predicted molar refractivity (Wildman–Crippen MR) is 105 cm³/mol. The van der Waals surface area contributed by atoms with E-state index in [-0.39, 0.29) is 23.0 Å². The Morgan fingerprint density at radius 2 is 1.00 bits per heavy atom. The summed E-state index contributed by atoms with van der Waals surface area (Å²) in [5.74, 6) is 1.89. The minimum absolute atomic E-state index is 0.0129. The third-order valence-corrected chi connectivity index (χ3v) is 3.78. The molecule has 144 valence electrons. The van der Waals surface area contributed by atoms with Gasteiger partial charge in [-0.3, -0.25) is 0 Å². The number of nitrogens with zero attached hydrogens (tertiary/aromatic N) is 2. The van der Waals surface area contributed by atoms with Crippen molar-refractivity contribution >= 4 is 0 Å². The van der Waals surface area contributed by atoms with E-state index in [1.165, 1.54) is 24.3 Å². The average molecular weight is 388 g/mol. The Bertz CT molecular complexity index is 1020. The Kier molecular flexibility index (Phi) is 5.11. The van der Waals surface area contributed by atoms with Crippen LogP contribution in [-0.4, -0.2) is 20.2 Å². The monoisotopic (exact) mass is 388 g/mol. The summed E-state index contributed by atoms with van der Waals surface area (Å²) in [6, 6.07) is 19.4. The highest BCUT2D eigenvalue weighted by Gasteiger charge is 2.14. The minimum Gasteiger partial charge on any atom is -0.508 e. The van der Waals surface area contributed by atoms with Crippen LogP contribution in [0.3, 0.4) is 0 Å². The molecule has 2 heterocycles. The van der Waals surface area contributed by atoms with E-state index in [2.05, 4.69) is 9.97 Å². The summed E-state index contributed by atoms with van der Waals surface area (Å²) in [7, 11) is 0. The Balaban J connectivity index is 1.66. The number of ether oxygens (including phenoxy) is 3. The van der Waals surface area contributed by atoms with Crippen LogP contribution in [0.15, 0.2) is 85.2 Å². The van der Waals surface area contributed by atoms with Crippen LogP contribution in [-0.2, 0) is 0 Å². The van der Waals surface area contributed by atoms with E-state index in [0.717, 1.165) is 0 Å². The average Bonchev–Trinajstić information content (AvgIpc) is 2.73. The lowest BCUT2D eigenvalue weighted by molar-refractivity contribution is 0.379. The Labute approximate surface area is 166 Å². The van der Waals surface area contributed by atoms with Gasteiger partial charge in [0.2, 0.25) is 11.8 Å². The van der Waals surface area contributed by atoms with Crippen LogP contribution >= 0.6 is 0 Å². The van der Waals surface area contributed by atoms with Gasteiger partial charge in [-0.2, -0.15) is 0 Å². The van der Waals surface area contributed by atoms with Crippen LogP contribution in [0.5, 0.6) is 46.3 Å². The van der Waals surface area contributed by atoms with Crippen LogP contribution in [0.1, 0.15) is 0 Å². The molecule has 7 heteroatoms. The van der Waals surface area contributed by atoms with Gasteiger partial charge in [0.25, 0.3) is 0 Å². The zero-order valence-electron chi connectivity index (χ0n) is 15.1. The molecule has 2 aromatic carbocycles. The second-order valence-corrected chi connectivity index (χ2v) is 5.90. The van der Waals surface area contributed by atoms with Crippen LogP contribution < -0.4 is 14.2 Å². The first-order valence-electron chi connectivity index (χ1n) is 8.69. The van der Waals surface area contributed by atoms with Gasteiger partial charge in [-0.15, -0.1) is 0 Å². The highest BCUT2D eigenvalue weighted by atomic mass is 16.5. The van der Waals surface area contributed by atoms with Crippen LogP contribution in [0.25, 0.3) is 0 Å². The van der Waals surface area contributed by atoms with Crippen molar-refractivity contribution in [3.05, 3.63) is 85.2 Å². The number of hydrogen-bond donors (Lipinski definition) is 2. The quantitative estimate of drug-likeness (QED) is 0.465. The fourth-order valence-corrected chi connectivity index (χ4v) is 2.48. The van der Waals surface area contributed by atoms with Crippen molar-refractivity contribution in [2.45, 2.75) is 0 Å². The summed E-state index contributed by atoms with van der Waals surface area (Å²) < 4.78 is 17.5. The third kappa shape index (κ3) is 4.54. The van der Waals surface area contributed by atoms with Gasteiger partial charge < -0.3 is 24.4 Å². The highest BCUT2D eigenvalue weighted by Crippen LogP contribution is 2.41. The molecular formula is C22H16N2O5. The Morgan fingerprint density at radius 3 is 1.41 bits per heavy atom. The van der Waals surface area contributed by atoms with Gasteiger partial charge >= 0.3 is 0 Å². The van der Waals surface area contributed by atoms with Crippen molar-refractivity contribution in [3.63, 3.8) is 0 Å². The molecule has 7 nitrogen and oxygen atoms in total. The second kappa shape index (κ2) is 8.18. The highest BCUT2D eigenvalue weighted by molar-refractivity contribution is 5.53. The molecule has 0 atom stereocenters. The summed E-state index contributed by atoms with van der Waals surface area (Å²) in [5.41, 5.74) is 0. The molecule has 0 radical (unpaired) electrons. The van der Waals surface area contributed by atoms with Crippen molar-refractivity contribution < 1.29 is 24.4 Å². The van der Waals surface area contributed by atoms with Crippen molar-refractivity contribution in [2.24, 2.45) is 0 Å². The van der Waals surface area contributed by atoms with Gasteiger partial charge in [-0.05, 0) is 36.4 Å². The first kappa shape index (κ1) is 18.1. The van der Waals surface area contributed by atoms with E-state index in [4.69, 9.17) is 14.2 Å².